The highest BCUT2D eigenvalue weighted by molar-refractivity contribution is 5.85. The van der Waals surface area contributed by atoms with Crippen molar-refractivity contribution in [2.75, 3.05) is 6.61 Å². The highest BCUT2D eigenvalue weighted by Crippen LogP contribution is 2.52. The summed E-state index contributed by atoms with van der Waals surface area (Å²) in [5.41, 5.74) is 5.36. The second-order valence-corrected chi connectivity index (χ2v) is 9.08. The summed E-state index contributed by atoms with van der Waals surface area (Å²) in [4.78, 5) is 11.9. The average Bonchev–Trinajstić information content (AvgIpc) is 3.06. The van der Waals surface area contributed by atoms with E-state index in [1.165, 1.54) is 11.1 Å². The SMILES string of the molecule is CC(C)=C1Cc2ccc(O)c(C=O)c2[C@H]1c1cc(C)cc2c1O[C@H](C(C)(C)O)CO2. The third-order valence-electron chi connectivity index (χ3n) is 6.11. The predicted octanol–water partition coefficient (Wildman–Crippen LogP) is 4.45. The molecule has 0 unspecified atom stereocenters. The third-order valence-corrected chi connectivity index (χ3v) is 6.11. The first kappa shape index (κ1) is 20.5. The van der Waals surface area contributed by atoms with E-state index in [1.54, 1.807) is 19.9 Å². The fourth-order valence-electron chi connectivity index (χ4n) is 4.48. The van der Waals surface area contributed by atoms with Crippen LogP contribution in [-0.2, 0) is 6.42 Å². The quantitative estimate of drug-likeness (QED) is 0.580. The van der Waals surface area contributed by atoms with Gasteiger partial charge in [-0.05, 0) is 69.9 Å². The maximum Gasteiger partial charge on any atom is 0.166 e. The monoisotopic (exact) mass is 408 g/mol. The van der Waals surface area contributed by atoms with Gasteiger partial charge in [-0.15, -0.1) is 0 Å². The molecule has 30 heavy (non-hydrogen) atoms. The number of aryl methyl sites for hydroxylation is 1. The van der Waals surface area contributed by atoms with Gasteiger partial charge in [-0.1, -0.05) is 23.3 Å². The van der Waals surface area contributed by atoms with Gasteiger partial charge in [0, 0.05) is 11.5 Å². The van der Waals surface area contributed by atoms with Crippen molar-refractivity contribution in [2.24, 2.45) is 0 Å². The van der Waals surface area contributed by atoms with Gasteiger partial charge in [-0.3, -0.25) is 4.79 Å². The fraction of sp³-hybridized carbons (Fsp3) is 0.400. The standard InChI is InChI=1S/C25H28O5/c1-13(2)16-10-15-6-7-19(27)18(11-26)22(15)23(16)17-8-14(3)9-20-24(17)30-21(12-29-20)25(4,5)28/h6-9,11,21,23,27-28H,10,12H2,1-5H3/t21-,23+/m0/s1. The van der Waals surface area contributed by atoms with E-state index in [0.717, 1.165) is 28.5 Å². The molecule has 2 atom stereocenters. The van der Waals surface area contributed by atoms with Crippen LogP contribution in [0.5, 0.6) is 17.2 Å². The van der Waals surface area contributed by atoms with Crippen LogP contribution in [0, 0.1) is 6.92 Å². The Morgan fingerprint density at radius 3 is 2.60 bits per heavy atom. The number of rotatable bonds is 3. The van der Waals surface area contributed by atoms with E-state index in [2.05, 4.69) is 19.9 Å². The molecule has 0 fully saturated rings. The second kappa shape index (κ2) is 7.17. The first-order chi connectivity index (χ1) is 14.1. The van der Waals surface area contributed by atoms with Crippen LogP contribution in [-0.4, -0.2) is 34.8 Å². The number of carbonyl (C=O) groups excluding carboxylic acids is 1. The molecule has 0 spiro atoms. The van der Waals surface area contributed by atoms with Gasteiger partial charge < -0.3 is 19.7 Å². The van der Waals surface area contributed by atoms with Crippen LogP contribution >= 0.6 is 0 Å². The maximum absolute atomic E-state index is 11.9. The van der Waals surface area contributed by atoms with Gasteiger partial charge in [0.25, 0.3) is 0 Å². The molecular weight excluding hydrogens is 380 g/mol. The maximum atomic E-state index is 11.9. The molecule has 0 bridgehead atoms. The smallest absolute Gasteiger partial charge is 0.166 e. The number of phenolic OH excluding ortho intramolecular Hbond substituents is 1. The molecule has 0 aromatic heterocycles. The number of carbonyl (C=O) groups is 1. The van der Waals surface area contributed by atoms with E-state index in [1.807, 2.05) is 19.1 Å². The summed E-state index contributed by atoms with van der Waals surface area (Å²) in [6, 6.07) is 7.46. The van der Waals surface area contributed by atoms with Crippen molar-refractivity contribution in [3.05, 3.63) is 63.2 Å². The molecule has 1 aliphatic heterocycles. The molecule has 0 saturated heterocycles. The molecule has 5 heteroatoms. The summed E-state index contributed by atoms with van der Waals surface area (Å²) < 4.78 is 12.3. The molecule has 158 valence electrons. The molecule has 1 aliphatic carbocycles. The van der Waals surface area contributed by atoms with E-state index in [4.69, 9.17) is 9.47 Å². The highest BCUT2D eigenvalue weighted by Gasteiger charge is 2.39. The van der Waals surface area contributed by atoms with Gasteiger partial charge in [0.15, 0.2) is 23.9 Å². The molecule has 1 heterocycles. The van der Waals surface area contributed by atoms with E-state index < -0.39 is 11.7 Å². The minimum Gasteiger partial charge on any atom is -0.507 e. The number of fused-ring (bicyclic) bond motifs is 2. The van der Waals surface area contributed by atoms with Crippen molar-refractivity contribution in [3.8, 4) is 17.2 Å². The van der Waals surface area contributed by atoms with Crippen molar-refractivity contribution in [1.29, 1.82) is 0 Å². The number of ether oxygens (including phenoxy) is 2. The lowest BCUT2D eigenvalue weighted by atomic mass is 9.84. The van der Waals surface area contributed by atoms with Crippen LogP contribution in [0.1, 0.15) is 66.2 Å². The number of hydrogen-bond donors (Lipinski definition) is 2. The summed E-state index contributed by atoms with van der Waals surface area (Å²) in [5, 5.41) is 20.9. The molecule has 0 saturated carbocycles. The zero-order valence-corrected chi connectivity index (χ0v) is 18.1. The second-order valence-electron chi connectivity index (χ2n) is 9.08. The Bertz CT molecular complexity index is 1050. The van der Waals surface area contributed by atoms with Crippen molar-refractivity contribution in [3.63, 3.8) is 0 Å². The molecule has 0 radical (unpaired) electrons. The molecule has 2 aliphatic rings. The lowest BCUT2D eigenvalue weighted by Crippen LogP contribution is -2.46. The van der Waals surface area contributed by atoms with E-state index in [0.29, 0.717) is 23.5 Å². The van der Waals surface area contributed by atoms with Crippen molar-refractivity contribution < 1.29 is 24.5 Å². The minimum absolute atomic E-state index is 0.0168. The van der Waals surface area contributed by atoms with Crippen LogP contribution in [0.2, 0.25) is 0 Å². The number of benzene rings is 2. The van der Waals surface area contributed by atoms with Crippen molar-refractivity contribution in [1.82, 2.24) is 0 Å². The van der Waals surface area contributed by atoms with Gasteiger partial charge in [0.2, 0.25) is 0 Å². The number of aliphatic hydroxyl groups is 1. The molecular formula is C25H28O5. The number of hydrogen-bond acceptors (Lipinski definition) is 5. The zero-order chi connectivity index (χ0) is 21.8. The largest absolute Gasteiger partial charge is 0.507 e. The van der Waals surface area contributed by atoms with Gasteiger partial charge in [-0.25, -0.2) is 0 Å². The van der Waals surface area contributed by atoms with Gasteiger partial charge in [0.1, 0.15) is 12.4 Å². The molecule has 5 nitrogen and oxygen atoms in total. The van der Waals surface area contributed by atoms with Crippen LogP contribution in [0.4, 0.5) is 0 Å². The fourth-order valence-corrected chi connectivity index (χ4v) is 4.48. The van der Waals surface area contributed by atoms with Gasteiger partial charge in [0.05, 0.1) is 11.2 Å². The van der Waals surface area contributed by atoms with Crippen LogP contribution in [0.3, 0.4) is 0 Å². The number of allylic oxidation sites excluding steroid dienone is 2. The van der Waals surface area contributed by atoms with Gasteiger partial charge >= 0.3 is 0 Å². The third kappa shape index (κ3) is 3.27. The number of aldehydes is 1. The predicted molar refractivity (Wildman–Crippen MR) is 115 cm³/mol. The van der Waals surface area contributed by atoms with E-state index in [9.17, 15) is 15.0 Å². The molecule has 2 aromatic rings. The zero-order valence-electron chi connectivity index (χ0n) is 18.1. The Morgan fingerprint density at radius 1 is 1.23 bits per heavy atom. The summed E-state index contributed by atoms with van der Waals surface area (Å²) in [5.74, 6) is 0.988. The normalized spacial score (nSPS) is 20.1. The topological polar surface area (TPSA) is 76.0 Å². The van der Waals surface area contributed by atoms with Crippen molar-refractivity contribution >= 4 is 6.29 Å². The Labute approximate surface area is 177 Å². The van der Waals surface area contributed by atoms with Crippen LogP contribution in [0.25, 0.3) is 0 Å². The van der Waals surface area contributed by atoms with E-state index >= 15 is 0 Å². The summed E-state index contributed by atoms with van der Waals surface area (Å²) in [7, 11) is 0. The Kier molecular flexibility index (Phi) is 4.89. The first-order valence-electron chi connectivity index (χ1n) is 10.2. The summed E-state index contributed by atoms with van der Waals surface area (Å²) in [6.45, 7) is 9.79. The molecule has 0 amide bonds. The Balaban J connectivity index is 1.97. The lowest BCUT2D eigenvalue weighted by Gasteiger charge is -2.36. The highest BCUT2D eigenvalue weighted by atomic mass is 16.6. The summed E-state index contributed by atoms with van der Waals surface area (Å²) in [6.07, 6.45) is 0.924. The number of aromatic hydroxyl groups is 1. The van der Waals surface area contributed by atoms with Crippen LogP contribution < -0.4 is 9.47 Å². The van der Waals surface area contributed by atoms with Crippen molar-refractivity contribution in [2.45, 2.75) is 58.7 Å². The average molecular weight is 408 g/mol. The Morgan fingerprint density at radius 2 is 1.97 bits per heavy atom. The minimum atomic E-state index is -1.07. The lowest BCUT2D eigenvalue weighted by molar-refractivity contribution is -0.0658. The summed E-state index contributed by atoms with van der Waals surface area (Å²) >= 11 is 0. The van der Waals surface area contributed by atoms with Gasteiger partial charge in [-0.2, -0.15) is 0 Å². The Hall–Kier alpha value is -2.79. The molecule has 2 N–H and O–H groups in total. The molecule has 4 rings (SSSR count). The van der Waals surface area contributed by atoms with E-state index in [-0.39, 0.29) is 18.3 Å². The first-order valence-corrected chi connectivity index (χ1v) is 10.2. The van der Waals surface area contributed by atoms with Crippen LogP contribution in [0.15, 0.2) is 35.4 Å². The molecule has 2 aromatic carbocycles. The number of phenols is 1.